The van der Waals surface area contributed by atoms with Crippen LogP contribution in [0.1, 0.15) is 53.4 Å². The van der Waals surface area contributed by atoms with Gasteiger partial charge in [-0.05, 0) is 55.8 Å². The monoisotopic (exact) mass is 502 g/mol. The number of allylic oxidation sites excluding steroid dienone is 1. The van der Waals surface area contributed by atoms with Crippen molar-refractivity contribution in [2.24, 2.45) is 45.8 Å². The molecular weight excluding hydrogens is 464 g/mol. The lowest BCUT2D eigenvalue weighted by atomic mass is 9.43. The van der Waals surface area contributed by atoms with Gasteiger partial charge in [0.25, 0.3) is 0 Å². The third-order valence-electron chi connectivity index (χ3n) is 10.7. The third-order valence-corrected chi connectivity index (χ3v) is 10.7. The summed E-state index contributed by atoms with van der Waals surface area (Å²) in [6, 6.07) is 0. The van der Waals surface area contributed by atoms with E-state index in [1.807, 2.05) is 13.8 Å². The van der Waals surface area contributed by atoms with Crippen LogP contribution in [-0.4, -0.2) is 64.9 Å². The van der Waals surface area contributed by atoms with Gasteiger partial charge in [-0.25, -0.2) is 0 Å². The average molecular weight is 503 g/mol. The fourth-order valence-electron chi connectivity index (χ4n) is 9.19. The molecule has 8 nitrogen and oxygen atoms in total. The van der Waals surface area contributed by atoms with Crippen LogP contribution in [-0.2, 0) is 23.9 Å². The minimum Gasteiger partial charge on any atom is -0.498 e. The Morgan fingerprint density at radius 2 is 1.97 bits per heavy atom. The molecule has 198 valence electrons. The first-order valence-electron chi connectivity index (χ1n) is 13.1. The lowest BCUT2D eigenvalue weighted by molar-refractivity contribution is -0.211. The van der Waals surface area contributed by atoms with Gasteiger partial charge in [0.1, 0.15) is 29.2 Å². The van der Waals surface area contributed by atoms with Crippen LogP contribution >= 0.6 is 0 Å². The molecule has 0 heterocycles. The molecule has 10 unspecified atom stereocenters. The number of aliphatic hydroxyl groups excluding tert-OH is 2. The zero-order chi connectivity index (χ0) is 26.4. The molecule has 0 radical (unpaired) electrons. The first-order chi connectivity index (χ1) is 16.9. The van der Waals surface area contributed by atoms with Crippen molar-refractivity contribution in [1.82, 2.24) is 0 Å². The Morgan fingerprint density at radius 3 is 2.56 bits per heavy atom. The van der Waals surface area contributed by atoms with E-state index in [1.54, 1.807) is 0 Å². The molecule has 5 aliphatic carbocycles. The summed E-state index contributed by atoms with van der Waals surface area (Å²) in [7, 11) is 1.28. The molecule has 3 saturated carbocycles. The molecule has 0 saturated heterocycles. The summed E-state index contributed by atoms with van der Waals surface area (Å²) in [6.45, 7) is 7.07. The number of rotatable bonds is 6. The van der Waals surface area contributed by atoms with Gasteiger partial charge >= 0.3 is 5.97 Å². The highest BCUT2D eigenvalue weighted by atomic mass is 16.6. The molecule has 0 aliphatic heterocycles. The lowest BCUT2D eigenvalue weighted by Crippen LogP contribution is -2.66. The predicted octanol–water partition coefficient (Wildman–Crippen LogP) is 1.96. The summed E-state index contributed by atoms with van der Waals surface area (Å²) < 4.78 is 11.0. The molecule has 0 aromatic rings. The number of ketones is 1. The summed E-state index contributed by atoms with van der Waals surface area (Å²) in [4.78, 5) is 40.8. The van der Waals surface area contributed by atoms with E-state index in [1.165, 1.54) is 14.0 Å². The number of esters is 1. The molecule has 5 aliphatic rings. The Bertz CT molecular complexity index is 1060. The van der Waals surface area contributed by atoms with Gasteiger partial charge in [0, 0.05) is 11.5 Å². The second-order valence-electron chi connectivity index (χ2n) is 12.4. The number of carbonyl (C=O) groups is 3. The Morgan fingerprint density at radius 1 is 1.28 bits per heavy atom. The molecule has 4 bridgehead atoms. The molecule has 0 aromatic carbocycles. The van der Waals surface area contributed by atoms with Crippen molar-refractivity contribution in [2.45, 2.75) is 71.2 Å². The highest BCUT2D eigenvalue weighted by Gasteiger charge is 2.84. The van der Waals surface area contributed by atoms with Crippen molar-refractivity contribution in [2.75, 3.05) is 13.7 Å². The molecule has 36 heavy (non-hydrogen) atoms. The van der Waals surface area contributed by atoms with Crippen LogP contribution < -0.4 is 0 Å². The Balaban J connectivity index is 1.67. The fraction of sp³-hybridized carbons (Fsp3) is 0.750. The van der Waals surface area contributed by atoms with Gasteiger partial charge in [-0.3, -0.25) is 9.59 Å². The van der Waals surface area contributed by atoms with Crippen molar-refractivity contribution in [3.63, 3.8) is 0 Å². The zero-order valence-electron chi connectivity index (χ0n) is 21.7. The fourth-order valence-corrected chi connectivity index (χ4v) is 9.19. The van der Waals surface area contributed by atoms with E-state index in [2.05, 4.69) is 13.0 Å². The van der Waals surface area contributed by atoms with Gasteiger partial charge in [0.05, 0.1) is 19.1 Å². The maximum absolute atomic E-state index is 14.6. The Labute approximate surface area is 211 Å². The quantitative estimate of drug-likeness (QED) is 0.285. The average Bonchev–Trinajstić information content (AvgIpc) is 3.41. The molecule has 10 atom stereocenters. The van der Waals surface area contributed by atoms with Gasteiger partial charge in [-0.15, -0.1) is 0 Å². The molecule has 0 spiro atoms. The molecule has 5 rings (SSSR count). The predicted molar refractivity (Wildman–Crippen MR) is 128 cm³/mol. The van der Waals surface area contributed by atoms with Crippen molar-refractivity contribution >= 4 is 18.0 Å². The van der Waals surface area contributed by atoms with Crippen molar-refractivity contribution < 1.29 is 39.2 Å². The molecule has 8 heteroatoms. The topological polar surface area (TPSA) is 130 Å². The normalized spacial score (nSPS) is 49.0. The number of hydrogen-bond donors (Lipinski definition) is 3. The lowest BCUT2D eigenvalue weighted by Gasteiger charge is -2.59. The van der Waals surface area contributed by atoms with Gasteiger partial charge in [0.15, 0.2) is 6.10 Å². The van der Waals surface area contributed by atoms with Crippen LogP contribution in [0.4, 0.5) is 0 Å². The van der Waals surface area contributed by atoms with Gasteiger partial charge < -0.3 is 29.6 Å². The van der Waals surface area contributed by atoms with E-state index in [-0.39, 0.29) is 36.0 Å². The number of hydrogen-bond acceptors (Lipinski definition) is 8. The van der Waals surface area contributed by atoms with Gasteiger partial charge in [0.2, 0.25) is 5.78 Å². The molecule has 0 amide bonds. The number of ether oxygens (including phenoxy) is 2. The zero-order valence-corrected chi connectivity index (χ0v) is 21.7. The van der Waals surface area contributed by atoms with E-state index in [0.29, 0.717) is 18.8 Å². The Hall–Kier alpha value is -2.03. The van der Waals surface area contributed by atoms with Crippen LogP contribution in [0.2, 0.25) is 0 Å². The summed E-state index contributed by atoms with van der Waals surface area (Å²) in [5, 5.41) is 32.8. The van der Waals surface area contributed by atoms with E-state index < -0.39 is 45.8 Å². The molecular formula is C28H38O8. The number of fused-ring (bicyclic) bond motifs is 2. The van der Waals surface area contributed by atoms with Gasteiger partial charge in [-0.2, -0.15) is 0 Å². The summed E-state index contributed by atoms with van der Waals surface area (Å²) in [6.07, 6.45) is 3.62. The SMILES string of the molecule is COC1=CC(=O)C(OC(=O)C23C(C(C)C)=CC4CC2(C=O)C2CCC(C)C2CC43CO)C(C)(O)C1O. The van der Waals surface area contributed by atoms with Crippen LogP contribution in [0.5, 0.6) is 0 Å². The highest BCUT2D eigenvalue weighted by molar-refractivity contribution is 5.99. The third kappa shape index (κ3) is 2.68. The standard InChI is InChI=1S/C28H38O8/c1-14(2)19-8-16-10-27(13-30)18-7-6-15(3)17(18)11-26(16,12-29)28(19,27)24(33)36-23-20(31)9-21(35-5)22(32)25(23,4)34/h8-9,13-18,22-23,29,32,34H,6-7,10-12H2,1-5H3. The molecule has 3 N–H and O–H groups in total. The van der Waals surface area contributed by atoms with Crippen molar-refractivity contribution in [1.29, 1.82) is 0 Å². The summed E-state index contributed by atoms with van der Waals surface area (Å²) in [5.74, 6) is -1.29. The smallest absolute Gasteiger partial charge is 0.318 e. The first-order valence-corrected chi connectivity index (χ1v) is 13.1. The van der Waals surface area contributed by atoms with Crippen LogP contribution in [0.3, 0.4) is 0 Å². The van der Waals surface area contributed by atoms with Crippen LogP contribution in [0, 0.1) is 45.8 Å². The van der Waals surface area contributed by atoms with Crippen molar-refractivity contribution in [3.05, 3.63) is 23.5 Å². The molecule has 3 fully saturated rings. The second kappa shape index (κ2) is 7.98. The minimum atomic E-state index is -2.14. The number of carbonyl (C=O) groups excluding carboxylic acids is 3. The van der Waals surface area contributed by atoms with E-state index in [0.717, 1.165) is 30.8 Å². The second-order valence-corrected chi connectivity index (χ2v) is 12.4. The number of aliphatic hydroxyl groups is 3. The van der Waals surface area contributed by atoms with Gasteiger partial charge in [-0.1, -0.05) is 38.8 Å². The van der Waals surface area contributed by atoms with Crippen LogP contribution in [0.25, 0.3) is 0 Å². The number of methoxy groups -OCH3 is 1. The Kier molecular flexibility index (Phi) is 5.68. The first kappa shape index (κ1) is 25.6. The largest absolute Gasteiger partial charge is 0.498 e. The maximum Gasteiger partial charge on any atom is 0.318 e. The highest BCUT2D eigenvalue weighted by Crippen LogP contribution is 2.82. The summed E-state index contributed by atoms with van der Waals surface area (Å²) >= 11 is 0. The van der Waals surface area contributed by atoms with E-state index in [9.17, 15) is 29.7 Å². The molecule has 0 aromatic heterocycles. The minimum absolute atomic E-state index is 0.0298. The van der Waals surface area contributed by atoms with E-state index in [4.69, 9.17) is 9.47 Å². The maximum atomic E-state index is 14.6. The number of aldehydes is 1. The van der Waals surface area contributed by atoms with Crippen molar-refractivity contribution in [3.8, 4) is 0 Å². The van der Waals surface area contributed by atoms with Crippen LogP contribution in [0.15, 0.2) is 23.5 Å². The van der Waals surface area contributed by atoms with E-state index >= 15 is 0 Å². The summed E-state index contributed by atoms with van der Waals surface area (Å²) in [5.41, 5.74) is -4.77.